The summed E-state index contributed by atoms with van der Waals surface area (Å²) in [7, 11) is 1.47. The van der Waals surface area contributed by atoms with Crippen molar-refractivity contribution >= 4 is 11.7 Å². The Kier molecular flexibility index (Phi) is 4.69. The first kappa shape index (κ1) is 10.6. The lowest BCUT2D eigenvalue weighted by Crippen LogP contribution is -2.13. The number of hydrogen-bond donors (Lipinski definition) is 1. The second-order valence-electron chi connectivity index (χ2n) is 2.25. The van der Waals surface area contributed by atoms with Gasteiger partial charge in [-0.15, -0.1) is 0 Å². The van der Waals surface area contributed by atoms with Gasteiger partial charge in [0.05, 0.1) is 0 Å². The van der Waals surface area contributed by atoms with Crippen LogP contribution in [0.5, 0.6) is 0 Å². The summed E-state index contributed by atoms with van der Waals surface area (Å²) in [5, 5.41) is 8.65. The zero-order valence-corrected chi connectivity index (χ0v) is 7.53. The molecule has 3 nitrogen and oxygen atoms in total. The number of aliphatic carboxylic acids is 1. The molecule has 0 saturated heterocycles. The maximum absolute atomic E-state index is 10.5. The Morgan fingerprint density at radius 3 is 2.42 bits per heavy atom. The van der Waals surface area contributed by atoms with E-state index in [0.717, 1.165) is 0 Å². The second-order valence-corrected chi connectivity index (χ2v) is 2.25. The van der Waals surface area contributed by atoms with E-state index in [-0.39, 0.29) is 5.71 Å². The van der Waals surface area contributed by atoms with Crippen molar-refractivity contribution in [2.45, 2.75) is 13.8 Å². The third kappa shape index (κ3) is 3.14. The third-order valence-electron chi connectivity index (χ3n) is 1.34. The molecule has 0 fully saturated rings. The van der Waals surface area contributed by atoms with Gasteiger partial charge in [-0.25, -0.2) is 4.79 Å². The molecule has 3 heteroatoms. The lowest BCUT2D eigenvalue weighted by Gasteiger charge is -1.97. The molecule has 0 rings (SSSR count). The van der Waals surface area contributed by atoms with Crippen molar-refractivity contribution in [1.29, 1.82) is 0 Å². The summed E-state index contributed by atoms with van der Waals surface area (Å²) in [5.41, 5.74) is 0.760. The van der Waals surface area contributed by atoms with Gasteiger partial charge in [0.1, 0.15) is 5.71 Å². The Morgan fingerprint density at radius 1 is 1.50 bits per heavy atom. The van der Waals surface area contributed by atoms with Gasteiger partial charge in [0, 0.05) is 7.05 Å². The summed E-state index contributed by atoms with van der Waals surface area (Å²) < 4.78 is 0. The van der Waals surface area contributed by atoms with Crippen LogP contribution >= 0.6 is 0 Å². The highest BCUT2D eigenvalue weighted by molar-refractivity contribution is 6.42. The van der Waals surface area contributed by atoms with Crippen LogP contribution in [0.25, 0.3) is 0 Å². The lowest BCUT2D eigenvalue weighted by atomic mass is 10.1. The first-order chi connectivity index (χ1) is 5.63. The number of hydrogen-bond acceptors (Lipinski definition) is 2. The summed E-state index contributed by atoms with van der Waals surface area (Å²) in [6.45, 7) is 3.59. The van der Waals surface area contributed by atoms with E-state index in [4.69, 9.17) is 5.11 Å². The van der Waals surface area contributed by atoms with Gasteiger partial charge in [0.15, 0.2) is 0 Å². The topological polar surface area (TPSA) is 49.7 Å². The van der Waals surface area contributed by atoms with Gasteiger partial charge in [0.2, 0.25) is 0 Å². The number of rotatable bonds is 3. The van der Waals surface area contributed by atoms with Crippen molar-refractivity contribution in [2.24, 2.45) is 4.99 Å². The molecule has 1 N–H and O–H groups in total. The first-order valence-corrected chi connectivity index (χ1v) is 3.63. The maximum Gasteiger partial charge on any atom is 0.354 e. The highest BCUT2D eigenvalue weighted by Crippen LogP contribution is 1.97. The second kappa shape index (κ2) is 5.29. The van der Waals surface area contributed by atoms with Crippen LogP contribution in [0, 0.1) is 0 Å². The highest BCUT2D eigenvalue weighted by atomic mass is 16.4. The minimum atomic E-state index is -0.990. The number of aliphatic imine (C=N–C) groups is 1. The molecule has 12 heavy (non-hydrogen) atoms. The van der Waals surface area contributed by atoms with E-state index in [1.165, 1.54) is 7.05 Å². The minimum absolute atomic E-state index is 0.105. The van der Waals surface area contributed by atoms with E-state index in [9.17, 15) is 4.79 Å². The first-order valence-electron chi connectivity index (χ1n) is 3.63. The van der Waals surface area contributed by atoms with Gasteiger partial charge < -0.3 is 5.11 Å². The van der Waals surface area contributed by atoms with Crippen molar-refractivity contribution in [1.82, 2.24) is 0 Å². The van der Waals surface area contributed by atoms with E-state index >= 15 is 0 Å². The summed E-state index contributed by atoms with van der Waals surface area (Å²) in [6, 6.07) is 0. The number of carboxylic acid groups (broad SMARTS) is 1. The standard InChI is InChI=1S/C9H13NO2/c1-4-5-6-7(2)8(10-3)9(11)12/h4-6H,1-3H3,(H,11,12)/b5-4-,7-6-,10-8+. The minimum Gasteiger partial charge on any atom is -0.477 e. The maximum atomic E-state index is 10.5. The fraction of sp³-hybridized carbons (Fsp3) is 0.333. The molecule has 0 saturated carbocycles. The highest BCUT2D eigenvalue weighted by Gasteiger charge is 2.08. The van der Waals surface area contributed by atoms with Gasteiger partial charge in [-0.05, 0) is 19.4 Å². The van der Waals surface area contributed by atoms with Crippen LogP contribution in [0.3, 0.4) is 0 Å². The monoisotopic (exact) mass is 167 g/mol. The summed E-state index contributed by atoms with van der Waals surface area (Å²) in [6.07, 6.45) is 5.33. The van der Waals surface area contributed by atoms with Crippen LogP contribution in [-0.4, -0.2) is 23.8 Å². The molecule has 0 spiro atoms. The molecule has 0 bridgehead atoms. The summed E-state index contributed by atoms with van der Waals surface area (Å²) >= 11 is 0. The Hall–Kier alpha value is -1.38. The molecule has 66 valence electrons. The van der Waals surface area contributed by atoms with Gasteiger partial charge in [0.25, 0.3) is 0 Å². The van der Waals surface area contributed by atoms with Crippen LogP contribution in [0.2, 0.25) is 0 Å². The van der Waals surface area contributed by atoms with Crippen molar-refractivity contribution < 1.29 is 9.90 Å². The summed E-state index contributed by atoms with van der Waals surface area (Å²) in [5.74, 6) is -0.990. The predicted octanol–water partition coefficient (Wildman–Crippen LogP) is 1.66. The molecule has 0 aromatic rings. The van der Waals surface area contributed by atoms with Crippen molar-refractivity contribution in [3.63, 3.8) is 0 Å². The number of nitrogens with zero attached hydrogens (tertiary/aromatic N) is 1. The van der Waals surface area contributed by atoms with E-state index < -0.39 is 5.97 Å². The summed E-state index contributed by atoms with van der Waals surface area (Å²) in [4.78, 5) is 14.2. The number of carboxylic acids is 1. The van der Waals surface area contributed by atoms with Crippen LogP contribution in [-0.2, 0) is 4.79 Å². The lowest BCUT2D eigenvalue weighted by molar-refractivity contribution is -0.129. The molecule has 0 unspecified atom stereocenters. The molecule has 0 aromatic carbocycles. The Balaban J connectivity index is 4.66. The molecular weight excluding hydrogens is 154 g/mol. The zero-order chi connectivity index (χ0) is 9.56. The molecule has 0 heterocycles. The van der Waals surface area contributed by atoms with E-state index in [0.29, 0.717) is 5.57 Å². The van der Waals surface area contributed by atoms with Crippen LogP contribution < -0.4 is 0 Å². The van der Waals surface area contributed by atoms with Gasteiger partial charge in [-0.1, -0.05) is 18.2 Å². The van der Waals surface area contributed by atoms with Crippen LogP contribution in [0.4, 0.5) is 0 Å². The predicted molar refractivity (Wildman–Crippen MR) is 49.6 cm³/mol. The largest absolute Gasteiger partial charge is 0.477 e. The normalized spacial score (nSPS) is 13.9. The van der Waals surface area contributed by atoms with Crippen molar-refractivity contribution in [3.05, 3.63) is 23.8 Å². The fourth-order valence-corrected chi connectivity index (χ4v) is 0.760. The third-order valence-corrected chi connectivity index (χ3v) is 1.34. The molecule has 0 radical (unpaired) electrons. The average Bonchev–Trinajstić information content (AvgIpc) is 2.01. The van der Waals surface area contributed by atoms with Gasteiger partial charge in [-0.3, -0.25) is 4.99 Å². The molecule has 0 aliphatic carbocycles. The molecule has 0 aliphatic rings. The van der Waals surface area contributed by atoms with Gasteiger partial charge >= 0.3 is 5.97 Å². The average molecular weight is 167 g/mol. The number of carbonyl (C=O) groups is 1. The Labute approximate surface area is 72.1 Å². The fourth-order valence-electron chi connectivity index (χ4n) is 0.760. The van der Waals surface area contributed by atoms with Crippen molar-refractivity contribution in [3.8, 4) is 0 Å². The zero-order valence-electron chi connectivity index (χ0n) is 7.53. The smallest absolute Gasteiger partial charge is 0.354 e. The van der Waals surface area contributed by atoms with Gasteiger partial charge in [-0.2, -0.15) is 0 Å². The molecule has 0 aliphatic heterocycles. The molecular formula is C9H13NO2. The number of allylic oxidation sites excluding steroid dienone is 3. The quantitative estimate of drug-likeness (QED) is 0.513. The van der Waals surface area contributed by atoms with Crippen LogP contribution in [0.1, 0.15) is 13.8 Å². The Morgan fingerprint density at radius 2 is 2.08 bits per heavy atom. The molecule has 0 aromatic heterocycles. The van der Waals surface area contributed by atoms with E-state index in [1.807, 2.05) is 13.0 Å². The van der Waals surface area contributed by atoms with Crippen LogP contribution in [0.15, 0.2) is 28.8 Å². The van der Waals surface area contributed by atoms with Crippen molar-refractivity contribution in [2.75, 3.05) is 7.05 Å². The Bertz CT molecular complexity index is 249. The SMILES string of the molecule is C\C=C/C=C(C)\C(=N/C)C(=O)O. The van der Waals surface area contributed by atoms with E-state index in [1.54, 1.807) is 19.1 Å². The molecule has 0 amide bonds. The molecule has 0 atom stereocenters. The van der Waals surface area contributed by atoms with E-state index in [2.05, 4.69) is 4.99 Å².